The molecule has 1 aliphatic rings. The van der Waals surface area contributed by atoms with E-state index in [1.807, 2.05) is 30.3 Å². The lowest BCUT2D eigenvalue weighted by atomic mass is 9.87. The van der Waals surface area contributed by atoms with Gasteiger partial charge in [0.2, 0.25) is 0 Å². The highest BCUT2D eigenvalue weighted by molar-refractivity contribution is 6.30. The molecule has 0 spiro atoms. The van der Waals surface area contributed by atoms with E-state index in [1.54, 1.807) is 0 Å². The minimum Gasteiger partial charge on any atom is -0.482 e. The van der Waals surface area contributed by atoms with Crippen molar-refractivity contribution >= 4 is 23.7 Å². The maximum Gasteiger partial charge on any atom is 0.410 e. The molecule has 1 aliphatic heterocycles. The van der Waals surface area contributed by atoms with Crippen LogP contribution in [0.25, 0.3) is 0 Å². The summed E-state index contributed by atoms with van der Waals surface area (Å²) in [5.74, 6) is -3.03. The van der Waals surface area contributed by atoms with Crippen LogP contribution in [0.1, 0.15) is 28.3 Å². The fourth-order valence-corrected chi connectivity index (χ4v) is 4.17. The number of hydrogen-bond donors (Lipinski definition) is 1. The van der Waals surface area contributed by atoms with Crippen LogP contribution in [0.3, 0.4) is 0 Å². The second-order valence-corrected chi connectivity index (χ2v) is 8.12. The minimum absolute atomic E-state index is 0.0193. The molecule has 1 atom stereocenters. The minimum atomic E-state index is -1.20. The molecule has 0 saturated carbocycles. The third kappa shape index (κ3) is 4.97. The molecule has 9 heteroatoms. The van der Waals surface area contributed by atoms with Crippen molar-refractivity contribution in [2.75, 3.05) is 13.2 Å². The molecule has 0 saturated heterocycles. The summed E-state index contributed by atoms with van der Waals surface area (Å²) in [4.78, 5) is 25.6. The zero-order valence-electron chi connectivity index (χ0n) is 17.8. The van der Waals surface area contributed by atoms with Crippen LogP contribution < -0.4 is 4.74 Å². The Balaban J connectivity index is 1.75. The van der Waals surface area contributed by atoms with Crippen LogP contribution in [0.5, 0.6) is 5.75 Å². The van der Waals surface area contributed by atoms with Gasteiger partial charge in [-0.3, -0.25) is 4.90 Å². The molecule has 6 nitrogen and oxygen atoms in total. The van der Waals surface area contributed by atoms with Crippen molar-refractivity contribution < 1.29 is 33.0 Å². The molecule has 3 aromatic carbocycles. The number of amides is 1. The lowest BCUT2D eigenvalue weighted by Crippen LogP contribution is -2.41. The number of rotatable bonds is 6. The second kappa shape index (κ2) is 10.1. The molecule has 1 N–H and O–H groups in total. The normalized spacial score (nSPS) is 14.9. The van der Waals surface area contributed by atoms with Crippen molar-refractivity contribution in [1.82, 2.24) is 4.90 Å². The van der Waals surface area contributed by atoms with E-state index in [0.717, 1.165) is 11.6 Å². The number of carbonyl (C=O) groups is 2. The Bertz CT molecular complexity index is 1220. The molecule has 4 rings (SSSR count). The van der Waals surface area contributed by atoms with Gasteiger partial charge in [-0.25, -0.2) is 18.4 Å². The number of carboxylic acid groups (broad SMARTS) is 1. The number of ether oxygens (including phenoxy) is 2. The van der Waals surface area contributed by atoms with Gasteiger partial charge in [-0.1, -0.05) is 48.0 Å². The fourth-order valence-electron chi connectivity index (χ4n) is 3.99. The van der Waals surface area contributed by atoms with Gasteiger partial charge in [-0.2, -0.15) is 0 Å². The summed E-state index contributed by atoms with van der Waals surface area (Å²) in [6.45, 7) is -0.577. The average molecular weight is 488 g/mol. The van der Waals surface area contributed by atoms with E-state index in [-0.39, 0.29) is 30.9 Å². The van der Waals surface area contributed by atoms with Gasteiger partial charge in [0.1, 0.15) is 12.4 Å². The van der Waals surface area contributed by atoms with Gasteiger partial charge in [0, 0.05) is 17.1 Å². The van der Waals surface area contributed by atoms with Crippen LogP contribution >= 0.6 is 11.6 Å². The topological polar surface area (TPSA) is 76.1 Å². The summed E-state index contributed by atoms with van der Waals surface area (Å²) in [5, 5.41) is 9.34. The maximum atomic E-state index is 14.7. The summed E-state index contributed by atoms with van der Waals surface area (Å²) in [6.07, 6.45) is -0.602. The Labute approximate surface area is 199 Å². The molecule has 34 heavy (non-hydrogen) atoms. The van der Waals surface area contributed by atoms with E-state index in [2.05, 4.69) is 0 Å². The van der Waals surface area contributed by atoms with Gasteiger partial charge < -0.3 is 14.6 Å². The average Bonchev–Trinajstić information content (AvgIpc) is 2.84. The number of halogens is 3. The lowest BCUT2D eigenvalue weighted by Gasteiger charge is -2.37. The zero-order valence-corrected chi connectivity index (χ0v) is 18.6. The van der Waals surface area contributed by atoms with E-state index in [0.29, 0.717) is 16.1 Å². The Hall–Kier alpha value is -3.65. The molecule has 1 amide bonds. The Morgan fingerprint density at radius 3 is 2.56 bits per heavy atom. The number of nitrogens with zero attached hydrogens (tertiary/aromatic N) is 1. The van der Waals surface area contributed by atoms with Crippen molar-refractivity contribution in [3.05, 3.63) is 99.6 Å². The Kier molecular flexibility index (Phi) is 6.98. The van der Waals surface area contributed by atoms with Crippen LogP contribution in [0.15, 0.2) is 60.7 Å². The van der Waals surface area contributed by atoms with E-state index in [4.69, 9.17) is 26.2 Å². The SMILES string of the molecule is O=C(O)COc1ccc(Cl)cc1[C@@H]1c2ccc(F)c(F)c2CCN1C(=O)OCc1ccccc1. The van der Waals surface area contributed by atoms with E-state index < -0.39 is 36.3 Å². The van der Waals surface area contributed by atoms with Crippen molar-refractivity contribution in [3.8, 4) is 5.75 Å². The lowest BCUT2D eigenvalue weighted by molar-refractivity contribution is -0.139. The molecular weight excluding hydrogens is 468 g/mol. The second-order valence-electron chi connectivity index (χ2n) is 7.68. The Morgan fingerprint density at radius 1 is 1.06 bits per heavy atom. The van der Waals surface area contributed by atoms with Crippen molar-refractivity contribution in [2.45, 2.75) is 19.1 Å². The molecule has 0 bridgehead atoms. The molecule has 3 aromatic rings. The summed E-state index contributed by atoms with van der Waals surface area (Å²) < 4.78 is 39.6. The van der Waals surface area contributed by atoms with Crippen LogP contribution in [-0.4, -0.2) is 35.2 Å². The molecule has 0 fully saturated rings. The highest BCUT2D eigenvalue weighted by atomic mass is 35.5. The molecule has 176 valence electrons. The predicted octanol–water partition coefficient (Wildman–Crippen LogP) is 5.37. The van der Waals surface area contributed by atoms with Crippen LogP contribution in [0.2, 0.25) is 5.02 Å². The summed E-state index contributed by atoms with van der Waals surface area (Å²) in [5.41, 5.74) is 1.58. The first-order valence-electron chi connectivity index (χ1n) is 10.4. The highest BCUT2D eigenvalue weighted by Gasteiger charge is 2.37. The third-order valence-corrected chi connectivity index (χ3v) is 5.73. The van der Waals surface area contributed by atoms with Gasteiger partial charge >= 0.3 is 12.1 Å². The largest absolute Gasteiger partial charge is 0.482 e. The third-order valence-electron chi connectivity index (χ3n) is 5.50. The standard InChI is InChI=1S/C25H20ClF2NO5/c26-16-6-9-21(33-14-22(30)31)19(12-16)24-18-7-8-20(27)23(28)17(18)10-11-29(24)25(32)34-13-15-4-2-1-3-5-15/h1-9,12,24H,10-11,13-14H2,(H,30,31)/t24-/m0/s1. The van der Waals surface area contributed by atoms with Crippen molar-refractivity contribution in [1.29, 1.82) is 0 Å². The van der Waals surface area contributed by atoms with E-state index in [9.17, 15) is 18.4 Å². The Morgan fingerprint density at radius 2 is 1.82 bits per heavy atom. The van der Waals surface area contributed by atoms with Crippen LogP contribution in [0, 0.1) is 11.6 Å². The first-order valence-corrected chi connectivity index (χ1v) is 10.8. The van der Waals surface area contributed by atoms with E-state index >= 15 is 0 Å². The number of fused-ring (bicyclic) bond motifs is 1. The first-order chi connectivity index (χ1) is 16.3. The highest BCUT2D eigenvalue weighted by Crippen LogP contribution is 2.42. The van der Waals surface area contributed by atoms with Gasteiger partial charge in [0.25, 0.3) is 0 Å². The zero-order chi connectivity index (χ0) is 24.2. The molecular formula is C25H20ClF2NO5. The number of carbonyl (C=O) groups excluding carboxylic acids is 1. The molecule has 0 unspecified atom stereocenters. The van der Waals surface area contributed by atoms with Gasteiger partial charge in [0.05, 0.1) is 6.04 Å². The molecule has 0 radical (unpaired) electrons. The first kappa shape index (κ1) is 23.5. The van der Waals surface area contributed by atoms with Crippen molar-refractivity contribution in [2.24, 2.45) is 0 Å². The summed E-state index contributed by atoms with van der Waals surface area (Å²) in [7, 11) is 0. The van der Waals surface area contributed by atoms with E-state index in [1.165, 1.54) is 29.2 Å². The predicted molar refractivity (Wildman–Crippen MR) is 120 cm³/mol. The van der Waals surface area contributed by atoms with Gasteiger partial charge in [-0.15, -0.1) is 0 Å². The molecule has 1 heterocycles. The number of benzene rings is 3. The van der Waals surface area contributed by atoms with Crippen molar-refractivity contribution in [3.63, 3.8) is 0 Å². The number of aliphatic carboxylic acids is 1. The fraction of sp³-hybridized carbons (Fsp3) is 0.200. The monoisotopic (exact) mass is 487 g/mol. The maximum absolute atomic E-state index is 14.7. The molecule has 0 aromatic heterocycles. The van der Waals surface area contributed by atoms with Gasteiger partial charge in [-0.05, 0) is 47.4 Å². The number of hydrogen-bond acceptors (Lipinski definition) is 4. The van der Waals surface area contributed by atoms with Crippen LogP contribution in [-0.2, 0) is 22.6 Å². The number of carboxylic acids is 1. The summed E-state index contributed by atoms with van der Waals surface area (Å²) >= 11 is 6.21. The van der Waals surface area contributed by atoms with Gasteiger partial charge in [0.15, 0.2) is 18.2 Å². The molecule has 0 aliphatic carbocycles. The summed E-state index contributed by atoms with van der Waals surface area (Å²) in [6, 6.07) is 15.0. The quantitative estimate of drug-likeness (QED) is 0.506. The smallest absolute Gasteiger partial charge is 0.410 e. The van der Waals surface area contributed by atoms with Crippen LogP contribution in [0.4, 0.5) is 13.6 Å².